The molecule has 4 rings (SSSR count). The van der Waals surface area contributed by atoms with Crippen molar-refractivity contribution in [2.24, 2.45) is 5.73 Å². The van der Waals surface area contributed by atoms with E-state index in [1.165, 1.54) is 0 Å². The van der Waals surface area contributed by atoms with Gasteiger partial charge < -0.3 is 10.6 Å². The van der Waals surface area contributed by atoms with Gasteiger partial charge in [-0.2, -0.15) is 5.10 Å². The van der Waals surface area contributed by atoms with Crippen LogP contribution in [-0.2, 0) is 6.54 Å². The molecule has 31 heavy (non-hydrogen) atoms. The Kier molecular flexibility index (Phi) is 5.62. The average Bonchev–Trinajstić information content (AvgIpc) is 3.25. The van der Waals surface area contributed by atoms with E-state index in [1.54, 1.807) is 41.0 Å². The van der Waals surface area contributed by atoms with Crippen molar-refractivity contribution in [1.29, 1.82) is 0 Å². The molecule has 0 saturated heterocycles. The lowest BCUT2D eigenvalue weighted by atomic mass is 10.1. The minimum absolute atomic E-state index is 0.162. The molecule has 0 unspecified atom stereocenters. The van der Waals surface area contributed by atoms with Crippen molar-refractivity contribution in [2.75, 3.05) is 7.05 Å². The minimum Gasteiger partial charge on any atom is -0.366 e. The second kappa shape index (κ2) is 8.67. The van der Waals surface area contributed by atoms with E-state index in [-0.39, 0.29) is 5.91 Å². The fraction of sp³-hybridized carbons (Fsp3) is 0.0800. The molecule has 154 valence electrons. The number of primary amides is 1. The van der Waals surface area contributed by atoms with Crippen LogP contribution in [0.5, 0.6) is 0 Å². The smallest absolute Gasteiger partial charge is 0.257 e. The molecule has 4 aromatic rings. The topological polar surface area (TPSA) is 81.2 Å². The number of para-hydroxylation sites is 1. The summed E-state index contributed by atoms with van der Waals surface area (Å²) >= 11 is 0. The molecule has 0 aliphatic heterocycles. The van der Waals surface area contributed by atoms with E-state index in [2.05, 4.69) is 0 Å². The van der Waals surface area contributed by atoms with Crippen LogP contribution in [-0.4, -0.2) is 33.5 Å². The summed E-state index contributed by atoms with van der Waals surface area (Å²) < 4.78 is 1.72. The van der Waals surface area contributed by atoms with E-state index in [9.17, 15) is 9.59 Å². The third-order valence-corrected chi connectivity index (χ3v) is 4.99. The monoisotopic (exact) mass is 410 g/mol. The van der Waals surface area contributed by atoms with Gasteiger partial charge in [-0.1, -0.05) is 60.7 Å². The van der Waals surface area contributed by atoms with Crippen LogP contribution in [0, 0.1) is 0 Å². The quantitative estimate of drug-likeness (QED) is 0.523. The number of nitrogens with two attached hydrogens (primary N) is 1. The molecule has 2 amide bonds. The first-order valence-corrected chi connectivity index (χ1v) is 9.87. The van der Waals surface area contributed by atoms with Crippen molar-refractivity contribution in [1.82, 2.24) is 14.7 Å². The van der Waals surface area contributed by atoms with Crippen molar-refractivity contribution in [2.45, 2.75) is 6.54 Å². The van der Waals surface area contributed by atoms with Gasteiger partial charge in [-0.25, -0.2) is 4.68 Å². The number of aromatic nitrogens is 2. The van der Waals surface area contributed by atoms with Gasteiger partial charge in [0, 0.05) is 30.9 Å². The highest BCUT2D eigenvalue weighted by atomic mass is 16.2. The van der Waals surface area contributed by atoms with E-state index in [0.717, 1.165) is 16.8 Å². The molecule has 0 saturated carbocycles. The minimum atomic E-state index is -0.494. The highest BCUT2D eigenvalue weighted by Crippen LogP contribution is 2.25. The number of carbonyl (C=O) groups is 2. The van der Waals surface area contributed by atoms with Gasteiger partial charge in [0.05, 0.1) is 11.3 Å². The maximum Gasteiger partial charge on any atom is 0.257 e. The Morgan fingerprint density at radius 2 is 1.61 bits per heavy atom. The fourth-order valence-electron chi connectivity index (χ4n) is 3.43. The third kappa shape index (κ3) is 4.38. The molecule has 0 atom stereocenters. The maximum atomic E-state index is 13.4. The van der Waals surface area contributed by atoms with E-state index in [0.29, 0.717) is 23.4 Å². The van der Waals surface area contributed by atoms with E-state index >= 15 is 0 Å². The largest absolute Gasteiger partial charge is 0.366 e. The second-order valence-electron chi connectivity index (χ2n) is 7.26. The Morgan fingerprint density at radius 1 is 0.935 bits per heavy atom. The number of amides is 2. The summed E-state index contributed by atoms with van der Waals surface area (Å²) in [5.74, 6) is -0.656. The van der Waals surface area contributed by atoms with Crippen molar-refractivity contribution < 1.29 is 9.59 Å². The summed E-state index contributed by atoms with van der Waals surface area (Å²) in [5.41, 5.74) is 9.47. The maximum absolute atomic E-state index is 13.4. The van der Waals surface area contributed by atoms with Crippen LogP contribution in [0.3, 0.4) is 0 Å². The van der Waals surface area contributed by atoms with Crippen LogP contribution in [0.4, 0.5) is 0 Å². The van der Waals surface area contributed by atoms with Crippen molar-refractivity contribution in [3.63, 3.8) is 0 Å². The summed E-state index contributed by atoms with van der Waals surface area (Å²) in [4.78, 5) is 26.5. The first kappa shape index (κ1) is 20.1. The Balaban J connectivity index is 1.68. The van der Waals surface area contributed by atoms with Gasteiger partial charge in [-0.05, 0) is 29.8 Å². The SMILES string of the molecule is CN(Cc1cccc(C(N)=O)c1)C(=O)c1cn(-c2ccccc2)nc1-c1ccccc1. The van der Waals surface area contributed by atoms with Crippen molar-refractivity contribution in [3.05, 3.63) is 108 Å². The summed E-state index contributed by atoms with van der Waals surface area (Å²) in [7, 11) is 1.73. The second-order valence-corrected chi connectivity index (χ2v) is 7.26. The summed E-state index contributed by atoms with van der Waals surface area (Å²) in [5, 5.41) is 4.71. The molecular weight excluding hydrogens is 388 g/mol. The summed E-state index contributed by atoms with van der Waals surface area (Å²) in [6.45, 7) is 0.338. The zero-order valence-corrected chi connectivity index (χ0v) is 17.1. The standard InChI is InChI=1S/C25H22N4O2/c1-28(16-18-9-8-12-20(15-18)24(26)30)25(31)22-17-29(21-13-6-3-7-14-21)27-23(22)19-10-4-2-5-11-19/h2-15,17H,16H2,1H3,(H2,26,30). The molecule has 2 N–H and O–H groups in total. The molecule has 0 radical (unpaired) electrons. The van der Waals surface area contributed by atoms with Gasteiger partial charge in [0.1, 0.15) is 5.69 Å². The Hall–Kier alpha value is -4.19. The normalized spacial score (nSPS) is 10.6. The molecule has 0 fully saturated rings. The molecule has 6 heteroatoms. The number of hydrogen-bond donors (Lipinski definition) is 1. The number of nitrogens with zero attached hydrogens (tertiary/aromatic N) is 3. The van der Waals surface area contributed by atoms with Crippen LogP contribution in [0.25, 0.3) is 16.9 Å². The van der Waals surface area contributed by atoms with Crippen molar-refractivity contribution in [3.8, 4) is 16.9 Å². The Bertz CT molecular complexity index is 1220. The number of benzene rings is 3. The molecule has 3 aromatic carbocycles. The van der Waals surface area contributed by atoms with Gasteiger partial charge in [-0.15, -0.1) is 0 Å². The number of hydrogen-bond acceptors (Lipinski definition) is 3. The lowest BCUT2D eigenvalue weighted by Gasteiger charge is -2.17. The number of carbonyl (C=O) groups excluding carboxylic acids is 2. The molecule has 1 aromatic heterocycles. The molecule has 6 nitrogen and oxygen atoms in total. The van der Waals surface area contributed by atoms with Gasteiger partial charge >= 0.3 is 0 Å². The Morgan fingerprint density at radius 3 is 2.29 bits per heavy atom. The van der Waals surface area contributed by atoms with Gasteiger partial charge in [0.25, 0.3) is 5.91 Å². The molecule has 1 heterocycles. The van der Waals surface area contributed by atoms with Crippen LogP contribution in [0.15, 0.2) is 91.1 Å². The van der Waals surface area contributed by atoms with Crippen LogP contribution < -0.4 is 5.73 Å². The van der Waals surface area contributed by atoms with E-state index in [4.69, 9.17) is 10.8 Å². The predicted octanol–water partition coefficient (Wildman–Crippen LogP) is 3.91. The first-order chi connectivity index (χ1) is 15.0. The molecule has 0 bridgehead atoms. The van der Waals surface area contributed by atoms with Crippen LogP contribution in [0.2, 0.25) is 0 Å². The zero-order valence-electron chi connectivity index (χ0n) is 17.1. The average molecular weight is 410 g/mol. The molecule has 0 aliphatic rings. The fourth-order valence-corrected chi connectivity index (χ4v) is 3.43. The molecular formula is C25H22N4O2. The highest BCUT2D eigenvalue weighted by Gasteiger charge is 2.22. The van der Waals surface area contributed by atoms with Gasteiger partial charge in [-0.3, -0.25) is 9.59 Å². The summed E-state index contributed by atoms with van der Waals surface area (Å²) in [6, 6.07) is 26.3. The number of rotatable bonds is 6. The van der Waals surface area contributed by atoms with Gasteiger partial charge in [0.2, 0.25) is 5.91 Å². The van der Waals surface area contributed by atoms with Crippen LogP contribution in [0.1, 0.15) is 26.3 Å². The lowest BCUT2D eigenvalue weighted by Crippen LogP contribution is -2.26. The summed E-state index contributed by atoms with van der Waals surface area (Å²) in [6.07, 6.45) is 1.76. The molecule has 0 spiro atoms. The van der Waals surface area contributed by atoms with E-state index in [1.807, 2.05) is 66.7 Å². The van der Waals surface area contributed by atoms with Crippen molar-refractivity contribution >= 4 is 11.8 Å². The third-order valence-electron chi connectivity index (χ3n) is 4.99. The first-order valence-electron chi connectivity index (χ1n) is 9.87. The van der Waals surface area contributed by atoms with Crippen LogP contribution >= 0.6 is 0 Å². The zero-order chi connectivity index (χ0) is 21.8. The van der Waals surface area contributed by atoms with Gasteiger partial charge in [0.15, 0.2) is 0 Å². The predicted molar refractivity (Wildman–Crippen MR) is 120 cm³/mol. The highest BCUT2D eigenvalue weighted by molar-refractivity contribution is 6.00. The van der Waals surface area contributed by atoms with E-state index < -0.39 is 5.91 Å². The lowest BCUT2D eigenvalue weighted by molar-refractivity contribution is 0.0786. The molecule has 0 aliphatic carbocycles. The Labute approximate surface area is 180 Å².